The first-order valence-electron chi connectivity index (χ1n) is 4.89. The van der Waals surface area contributed by atoms with E-state index in [2.05, 4.69) is 20.9 Å². The molecule has 1 aromatic heterocycles. The molecule has 0 unspecified atom stereocenters. The van der Waals surface area contributed by atoms with E-state index in [1.807, 2.05) is 26.8 Å². The molecule has 1 heterocycles. The fourth-order valence-electron chi connectivity index (χ4n) is 1.31. The molecule has 0 amide bonds. The fourth-order valence-corrected chi connectivity index (χ4v) is 1.85. The molecule has 0 atom stereocenters. The first-order chi connectivity index (χ1) is 7.18. The van der Waals surface area contributed by atoms with Crippen molar-refractivity contribution in [2.45, 2.75) is 20.8 Å². The van der Waals surface area contributed by atoms with Gasteiger partial charge in [0.1, 0.15) is 5.82 Å². The lowest BCUT2D eigenvalue weighted by Gasteiger charge is -2.02. The Labute approximate surface area is 97.5 Å². The molecule has 0 bridgehead atoms. The molecule has 0 saturated carbocycles. The van der Waals surface area contributed by atoms with Crippen molar-refractivity contribution in [1.82, 2.24) is 4.98 Å². The topological polar surface area (TPSA) is 12.9 Å². The van der Waals surface area contributed by atoms with Gasteiger partial charge in [0.25, 0.3) is 0 Å². The van der Waals surface area contributed by atoms with Crippen molar-refractivity contribution < 1.29 is 4.39 Å². The van der Waals surface area contributed by atoms with Crippen molar-refractivity contribution in [1.29, 1.82) is 0 Å². The van der Waals surface area contributed by atoms with Gasteiger partial charge in [-0.1, -0.05) is 13.8 Å². The zero-order chi connectivity index (χ0) is 11.4. The molecule has 0 N–H and O–H groups in total. The van der Waals surface area contributed by atoms with E-state index < -0.39 is 0 Å². The van der Waals surface area contributed by atoms with E-state index in [4.69, 9.17) is 0 Å². The molecule has 0 fully saturated rings. The van der Waals surface area contributed by atoms with E-state index in [1.165, 1.54) is 12.1 Å². The van der Waals surface area contributed by atoms with E-state index in [0.29, 0.717) is 4.47 Å². The van der Waals surface area contributed by atoms with Crippen LogP contribution in [0.5, 0.6) is 0 Å². The maximum Gasteiger partial charge on any atom is 0.125 e. The fraction of sp³-hybridized carbons (Fsp3) is 0.250. The molecule has 0 aliphatic heterocycles. The average Bonchev–Trinajstić information content (AvgIpc) is 2.23. The smallest absolute Gasteiger partial charge is 0.125 e. The number of aromatic nitrogens is 1. The minimum absolute atomic E-state index is 0.240. The summed E-state index contributed by atoms with van der Waals surface area (Å²) >= 11 is 3.28. The largest absolute Gasteiger partial charge is 0.255 e. The van der Waals surface area contributed by atoms with Crippen molar-refractivity contribution >= 4 is 26.8 Å². The van der Waals surface area contributed by atoms with Crippen molar-refractivity contribution in [2.75, 3.05) is 0 Å². The maximum atomic E-state index is 13.0. The summed E-state index contributed by atoms with van der Waals surface area (Å²) in [5, 5.41) is 0.856. The molecule has 0 aliphatic carbocycles. The minimum Gasteiger partial charge on any atom is -0.255 e. The van der Waals surface area contributed by atoms with Gasteiger partial charge in [-0.3, -0.25) is 4.98 Å². The Bertz CT molecular complexity index is 468. The molecule has 2 aromatic rings. The van der Waals surface area contributed by atoms with Crippen LogP contribution in [0.3, 0.4) is 0 Å². The number of nitrogens with zero attached hydrogens (tertiary/aromatic N) is 1. The summed E-state index contributed by atoms with van der Waals surface area (Å²) in [7, 11) is 0. The van der Waals surface area contributed by atoms with Crippen LogP contribution in [0.4, 0.5) is 4.39 Å². The monoisotopic (exact) mass is 269 g/mol. The number of benzene rings is 1. The summed E-state index contributed by atoms with van der Waals surface area (Å²) in [6, 6.07) is 4.80. The van der Waals surface area contributed by atoms with Crippen molar-refractivity contribution in [3.8, 4) is 0 Å². The van der Waals surface area contributed by atoms with Crippen LogP contribution in [0.1, 0.15) is 19.4 Å². The van der Waals surface area contributed by atoms with Crippen LogP contribution >= 0.6 is 15.9 Å². The highest BCUT2D eigenvalue weighted by Crippen LogP contribution is 2.25. The number of hydrogen-bond acceptors (Lipinski definition) is 1. The molecule has 15 heavy (non-hydrogen) atoms. The Morgan fingerprint density at radius 3 is 2.60 bits per heavy atom. The zero-order valence-corrected chi connectivity index (χ0v) is 10.6. The van der Waals surface area contributed by atoms with Gasteiger partial charge in [0, 0.05) is 16.1 Å². The summed E-state index contributed by atoms with van der Waals surface area (Å²) in [6.45, 7) is 5.94. The van der Waals surface area contributed by atoms with Gasteiger partial charge in [0.15, 0.2) is 0 Å². The number of pyridine rings is 1. The van der Waals surface area contributed by atoms with Crippen molar-refractivity contribution in [3.63, 3.8) is 0 Å². The third-order valence-corrected chi connectivity index (χ3v) is 2.59. The molecule has 80 valence electrons. The highest BCUT2D eigenvalue weighted by Gasteiger charge is 2.04. The van der Waals surface area contributed by atoms with Crippen LogP contribution in [0.2, 0.25) is 0 Å². The quantitative estimate of drug-likeness (QED) is 0.688. The molecule has 0 spiro atoms. The first kappa shape index (κ1) is 12.1. The van der Waals surface area contributed by atoms with Crippen LogP contribution in [0, 0.1) is 12.7 Å². The second-order valence-electron chi connectivity index (χ2n) is 2.91. The van der Waals surface area contributed by atoms with E-state index in [1.54, 1.807) is 6.20 Å². The SMILES string of the molecule is CC.Cc1ccnc2c(Br)cc(F)cc12. The molecule has 1 nitrogen and oxygen atoms in total. The van der Waals surface area contributed by atoms with Crippen LogP contribution in [-0.2, 0) is 0 Å². The Hall–Kier alpha value is -0.960. The standard InChI is InChI=1S/C10H7BrFN.C2H6/c1-6-2-3-13-10-8(6)4-7(12)5-9(10)11;1-2/h2-5H,1H3;1-2H3. The van der Waals surface area contributed by atoms with Crippen molar-refractivity contribution in [2.24, 2.45) is 0 Å². The van der Waals surface area contributed by atoms with E-state index in [-0.39, 0.29) is 5.82 Å². The molecule has 3 heteroatoms. The molecule has 0 radical (unpaired) electrons. The second kappa shape index (κ2) is 5.21. The summed E-state index contributed by atoms with van der Waals surface area (Å²) in [4.78, 5) is 4.17. The zero-order valence-electron chi connectivity index (χ0n) is 9.01. The van der Waals surface area contributed by atoms with E-state index in [0.717, 1.165) is 16.5 Å². The molecular formula is C12H13BrFN. The number of fused-ring (bicyclic) bond motifs is 1. The Balaban J connectivity index is 0.000000531. The van der Waals surface area contributed by atoms with Gasteiger partial charge in [-0.2, -0.15) is 0 Å². The lowest BCUT2D eigenvalue weighted by atomic mass is 10.1. The molecular weight excluding hydrogens is 257 g/mol. The molecule has 0 aliphatic rings. The highest BCUT2D eigenvalue weighted by atomic mass is 79.9. The highest BCUT2D eigenvalue weighted by molar-refractivity contribution is 9.10. The Morgan fingerprint density at radius 1 is 1.27 bits per heavy atom. The van der Waals surface area contributed by atoms with Crippen LogP contribution in [0.25, 0.3) is 10.9 Å². The first-order valence-corrected chi connectivity index (χ1v) is 5.68. The lowest BCUT2D eigenvalue weighted by Crippen LogP contribution is -1.85. The average molecular weight is 270 g/mol. The Morgan fingerprint density at radius 2 is 1.93 bits per heavy atom. The summed E-state index contributed by atoms with van der Waals surface area (Å²) in [6.07, 6.45) is 1.72. The van der Waals surface area contributed by atoms with Gasteiger partial charge in [0.2, 0.25) is 0 Å². The second-order valence-corrected chi connectivity index (χ2v) is 3.77. The molecule has 0 saturated heterocycles. The van der Waals surface area contributed by atoms with Crippen LogP contribution in [0.15, 0.2) is 28.9 Å². The predicted octanol–water partition coefficient (Wildman–Crippen LogP) is 4.47. The van der Waals surface area contributed by atoms with Gasteiger partial charge >= 0.3 is 0 Å². The number of rotatable bonds is 0. The number of hydrogen-bond donors (Lipinski definition) is 0. The number of halogens is 2. The summed E-state index contributed by atoms with van der Waals surface area (Å²) < 4.78 is 13.7. The third kappa shape index (κ3) is 2.53. The van der Waals surface area contributed by atoms with Gasteiger partial charge in [-0.05, 0) is 46.6 Å². The normalized spacial score (nSPS) is 9.67. The maximum absolute atomic E-state index is 13.0. The van der Waals surface area contributed by atoms with E-state index >= 15 is 0 Å². The van der Waals surface area contributed by atoms with Gasteiger partial charge in [-0.15, -0.1) is 0 Å². The predicted molar refractivity (Wildman–Crippen MR) is 65.5 cm³/mol. The van der Waals surface area contributed by atoms with Gasteiger partial charge in [-0.25, -0.2) is 4.39 Å². The number of aryl methyl sites for hydroxylation is 1. The van der Waals surface area contributed by atoms with Gasteiger partial charge in [0.05, 0.1) is 5.52 Å². The van der Waals surface area contributed by atoms with Crippen LogP contribution in [-0.4, -0.2) is 4.98 Å². The minimum atomic E-state index is -0.240. The van der Waals surface area contributed by atoms with Crippen LogP contribution < -0.4 is 0 Å². The van der Waals surface area contributed by atoms with Crippen molar-refractivity contribution in [3.05, 3.63) is 40.2 Å². The molecule has 1 aromatic carbocycles. The third-order valence-electron chi connectivity index (χ3n) is 1.98. The lowest BCUT2D eigenvalue weighted by molar-refractivity contribution is 0.628. The summed E-state index contributed by atoms with van der Waals surface area (Å²) in [5.41, 5.74) is 1.84. The van der Waals surface area contributed by atoms with Gasteiger partial charge < -0.3 is 0 Å². The summed E-state index contributed by atoms with van der Waals surface area (Å²) in [5.74, 6) is -0.240. The van der Waals surface area contributed by atoms with E-state index in [9.17, 15) is 4.39 Å². The Kier molecular flexibility index (Phi) is 4.21. The molecule has 2 rings (SSSR count).